The topological polar surface area (TPSA) is 78.9 Å². The zero-order valence-electron chi connectivity index (χ0n) is 12.3. The molecule has 0 spiro atoms. The number of carbonyl (C=O) groups excluding carboxylic acids is 2. The number of halogens is 1. The molecule has 22 heavy (non-hydrogen) atoms. The molecule has 0 saturated carbocycles. The van der Waals surface area contributed by atoms with Gasteiger partial charge in [-0.05, 0) is 24.1 Å². The first-order valence-electron chi connectivity index (χ1n) is 7.06. The molecule has 6 nitrogen and oxygen atoms in total. The molecule has 0 aliphatic carbocycles. The van der Waals surface area contributed by atoms with Gasteiger partial charge in [0.2, 0.25) is 5.91 Å². The number of ether oxygens (including phenoxy) is 1. The lowest BCUT2D eigenvalue weighted by atomic mass is 9.97. The minimum atomic E-state index is -0.869. The van der Waals surface area contributed by atoms with Crippen molar-refractivity contribution in [2.45, 2.75) is 18.6 Å². The standard InChI is InChI=1S/C15H19FN2O4/c1-18-12(20)9-22-14(15(21)17-7-2-8-19)13(18)10-3-5-11(16)6-4-10/h3-6,13-14,19H,2,7-9H2,1H3,(H,17,21)/t13-,14-/m0/s1. The number of likely N-dealkylation sites (N-methyl/N-ethyl adjacent to an activating group) is 1. The molecule has 1 aliphatic rings. The van der Waals surface area contributed by atoms with Crippen LogP contribution in [0, 0.1) is 5.82 Å². The fourth-order valence-electron chi connectivity index (χ4n) is 2.38. The van der Waals surface area contributed by atoms with Gasteiger partial charge in [-0.3, -0.25) is 9.59 Å². The number of nitrogens with zero attached hydrogens (tertiary/aromatic N) is 1. The summed E-state index contributed by atoms with van der Waals surface area (Å²) in [6.45, 7) is 0.126. The lowest BCUT2D eigenvalue weighted by molar-refractivity contribution is -0.162. The van der Waals surface area contributed by atoms with Crippen molar-refractivity contribution in [2.24, 2.45) is 0 Å². The highest BCUT2D eigenvalue weighted by Gasteiger charge is 2.39. The van der Waals surface area contributed by atoms with Crippen LogP contribution in [0.5, 0.6) is 0 Å². The number of hydrogen-bond acceptors (Lipinski definition) is 4. The number of amides is 2. The normalized spacial score (nSPS) is 21.8. The van der Waals surface area contributed by atoms with Crippen molar-refractivity contribution < 1.29 is 23.8 Å². The number of nitrogens with one attached hydrogen (secondary N) is 1. The highest BCUT2D eigenvalue weighted by atomic mass is 19.1. The average molecular weight is 310 g/mol. The van der Waals surface area contributed by atoms with Crippen LogP contribution < -0.4 is 5.32 Å². The van der Waals surface area contributed by atoms with E-state index in [0.717, 1.165) is 0 Å². The first kappa shape index (κ1) is 16.4. The van der Waals surface area contributed by atoms with E-state index in [-0.39, 0.29) is 25.0 Å². The maximum atomic E-state index is 13.1. The molecule has 2 atom stereocenters. The van der Waals surface area contributed by atoms with Crippen molar-refractivity contribution in [2.75, 3.05) is 26.8 Å². The largest absolute Gasteiger partial charge is 0.396 e. The SMILES string of the molecule is CN1C(=O)CO[C@H](C(=O)NCCCO)[C@@H]1c1ccc(F)cc1. The molecule has 2 N–H and O–H groups in total. The Morgan fingerprint density at radius 3 is 2.77 bits per heavy atom. The molecule has 0 radical (unpaired) electrons. The Bertz CT molecular complexity index is 535. The van der Waals surface area contributed by atoms with Gasteiger partial charge in [0, 0.05) is 20.2 Å². The van der Waals surface area contributed by atoms with Gasteiger partial charge in [0.15, 0.2) is 6.10 Å². The summed E-state index contributed by atoms with van der Waals surface area (Å²) in [4.78, 5) is 25.5. The number of morpholine rings is 1. The monoisotopic (exact) mass is 310 g/mol. The van der Waals surface area contributed by atoms with E-state index in [1.807, 2.05) is 0 Å². The summed E-state index contributed by atoms with van der Waals surface area (Å²) in [6.07, 6.45) is -0.430. The fraction of sp³-hybridized carbons (Fsp3) is 0.467. The molecule has 0 bridgehead atoms. The van der Waals surface area contributed by atoms with Crippen LogP contribution in [0.15, 0.2) is 24.3 Å². The van der Waals surface area contributed by atoms with Gasteiger partial charge in [0.25, 0.3) is 5.91 Å². The predicted octanol–water partition coefficient (Wildman–Crippen LogP) is 0.223. The third-order valence-electron chi connectivity index (χ3n) is 3.59. The maximum absolute atomic E-state index is 13.1. The zero-order chi connectivity index (χ0) is 16.1. The highest BCUT2D eigenvalue weighted by Crippen LogP contribution is 2.29. The molecule has 120 valence electrons. The number of hydrogen-bond donors (Lipinski definition) is 2. The Morgan fingerprint density at radius 2 is 2.14 bits per heavy atom. The lowest BCUT2D eigenvalue weighted by Gasteiger charge is -2.38. The number of aliphatic hydroxyl groups excluding tert-OH is 1. The smallest absolute Gasteiger partial charge is 0.251 e. The number of benzene rings is 1. The van der Waals surface area contributed by atoms with Crippen molar-refractivity contribution >= 4 is 11.8 Å². The molecule has 7 heteroatoms. The second-order valence-electron chi connectivity index (χ2n) is 5.10. The summed E-state index contributed by atoms with van der Waals surface area (Å²) in [5.41, 5.74) is 0.624. The Balaban J connectivity index is 2.20. The number of rotatable bonds is 5. The Labute approximate surface area is 127 Å². The minimum Gasteiger partial charge on any atom is -0.396 e. The van der Waals surface area contributed by atoms with Crippen molar-refractivity contribution in [1.29, 1.82) is 0 Å². The van der Waals surface area contributed by atoms with Crippen molar-refractivity contribution in [3.8, 4) is 0 Å². The molecular formula is C15H19FN2O4. The molecule has 2 rings (SSSR count). The summed E-state index contributed by atoms with van der Waals surface area (Å²) < 4.78 is 18.5. The summed E-state index contributed by atoms with van der Waals surface area (Å²) in [6, 6.07) is 5.02. The van der Waals surface area contributed by atoms with Gasteiger partial charge in [0.1, 0.15) is 12.4 Å². The molecule has 1 aromatic carbocycles. The minimum absolute atomic E-state index is 0.0222. The maximum Gasteiger partial charge on any atom is 0.251 e. The van der Waals surface area contributed by atoms with E-state index in [1.165, 1.54) is 29.2 Å². The first-order valence-corrected chi connectivity index (χ1v) is 7.06. The van der Waals surface area contributed by atoms with Crippen molar-refractivity contribution in [1.82, 2.24) is 10.2 Å². The third kappa shape index (κ3) is 3.61. The van der Waals surface area contributed by atoms with Crippen LogP contribution in [0.2, 0.25) is 0 Å². The molecule has 2 amide bonds. The van der Waals surface area contributed by atoms with Crippen LogP contribution in [0.1, 0.15) is 18.0 Å². The van der Waals surface area contributed by atoms with Crippen molar-refractivity contribution in [3.05, 3.63) is 35.6 Å². The van der Waals surface area contributed by atoms with Gasteiger partial charge in [-0.15, -0.1) is 0 Å². The number of aliphatic hydroxyl groups is 1. The van der Waals surface area contributed by atoms with Crippen LogP contribution in [0.25, 0.3) is 0 Å². The third-order valence-corrected chi connectivity index (χ3v) is 3.59. The zero-order valence-corrected chi connectivity index (χ0v) is 12.3. The average Bonchev–Trinajstić information content (AvgIpc) is 2.51. The van der Waals surface area contributed by atoms with Crippen LogP contribution in [-0.2, 0) is 14.3 Å². The van der Waals surface area contributed by atoms with E-state index >= 15 is 0 Å². The van der Waals surface area contributed by atoms with Gasteiger partial charge < -0.3 is 20.1 Å². The van der Waals surface area contributed by atoms with E-state index in [0.29, 0.717) is 18.5 Å². The summed E-state index contributed by atoms with van der Waals surface area (Å²) in [5.74, 6) is -0.991. The molecule has 1 fully saturated rings. The Morgan fingerprint density at radius 1 is 1.45 bits per heavy atom. The van der Waals surface area contributed by atoms with Gasteiger partial charge >= 0.3 is 0 Å². The van der Waals surface area contributed by atoms with Crippen LogP contribution >= 0.6 is 0 Å². The second-order valence-corrected chi connectivity index (χ2v) is 5.10. The number of carbonyl (C=O) groups is 2. The summed E-state index contributed by atoms with van der Waals surface area (Å²) in [7, 11) is 1.59. The van der Waals surface area contributed by atoms with E-state index in [9.17, 15) is 14.0 Å². The van der Waals surface area contributed by atoms with Gasteiger partial charge in [-0.2, -0.15) is 0 Å². The Kier molecular flexibility index (Phi) is 5.46. The quantitative estimate of drug-likeness (QED) is 0.763. The predicted molar refractivity (Wildman–Crippen MR) is 76.4 cm³/mol. The van der Waals surface area contributed by atoms with E-state index in [1.54, 1.807) is 7.05 Å². The first-order chi connectivity index (χ1) is 10.5. The Hall–Kier alpha value is -1.99. The molecule has 0 aromatic heterocycles. The van der Waals surface area contributed by atoms with E-state index in [2.05, 4.69) is 5.32 Å². The summed E-state index contributed by atoms with van der Waals surface area (Å²) in [5, 5.41) is 11.4. The van der Waals surface area contributed by atoms with Gasteiger partial charge in [0.05, 0.1) is 6.04 Å². The van der Waals surface area contributed by atoms with Crippen LogP contribution in [-0.4, -0.2) is 54.7 Å². The van der Waals surface area contributed by atoms with Crippen LogP contribution in [0.3, 0.4) is 0 Å². The summed E-state index contributed by atoms with van der Waals surface area (Å²) >= 11 is 0. The molecule has 1 aromatic rings. The van der Waals surface area contributed by atoms with E-state index in [4.69, 9.17) is 9.84 Å². The molecule has 0 unspecified atom stereocenters. The highest BCUT2D eigenvalue weighted by molar-refractivity contribution is 5.86. The molecular weight excluding hydrogens is 291 g/mol. The molecule has 1 heterocycles. The van der Waals surface area contributed by atoms with E-state index < -0.39 is 18.0 Å². The van der Waals surface area contributed by atoms with Gasteiger partial charge in [-0.25, -0.2) is 4.39 Å². The fourth-order valence-corrected chi connectivity index (χ4v) is 2.38. The van der Waals surface area contributed by atoms with Crippen molar-refractivity contribution in [3.63, 3.8) is 0 Å². The second kappa shape index (κ2) is 7.33. The molecule has 1 aliphatic heterocycles. The van der Waals surface area contributed by atoms with Gasteiger partial charge in [-0.1, -0.05) is 12.1 Å². The molecule has 1 saturated heterocycles. The lowest BCUT2D eigenvalue weighted by Crippen LogP contribution is -2.53. The van der Waals surface area contributed by atoms with Crippen LogP contribution in [0.4, 0.5) is 4.39 Å².